The summed E-state index contributed by atoms with van der Waals surface area (Å²) >= 11 is 2.44. The quantitative estimate of drug-likeness (QED) is 0.498. The Balaban J connectivity index is 1.92. The Morgan fingerprint density at radius 2 is 1.58 bits per heavy atom. The minimum atomic E-state index is 0.667. The normalized spacial score (nSPS) is 30.8. The van der Waals surface area contributed by atoms with E-state index >= 15 is 0 Å². The Morgan fingerprint density at radius 1 is 1.00 bits per heavy atom. The van der Waals surface area contributed by atoms with Crippen LogP contribution in [0.3, 0.4) is 0 Å². The van der Waals surface area contributed by atoms with Crippen LogP contribution in [0, 0.1) is 5.41 Å². The molecule has 2 aliphatic heterocycles. The molecule has 2 nitrogen and oxygen atoms in total. The lowest BCUT2D eigenvalue weighted by atomic mass is 9.73. The first-order chi connectivity index (χ1) is 5.81. The van der Waals surface area contributed by atoms with Gasteiger partial charge in [0, 0.05) is 49.2 Å². The van der Waals surface area contributed by atoms with E-state index in [4.69, 9.17) is 4.74 Å². The van der Waals surface area contributed by atoms with Crippen LogP contribution in [0.5, 0.6) is 0 Å². The van der Waals surface area contributed by atoms with Crippen molar-refractivity contribution in [3.05, 3.63) is 0 Å². The van der Waals surface area contributed by atoms with E-state index in [-0.39, 0.29) is 0 Å². The summed E-state index contributed by atoms with van der Waals surface area (Å²) in [4.78, 5) is 0. The molecule has 0 bridgehead atoms. The lowest BCUT2D eigenvalue weighted by Crippen LogP contribution is -2.39. The number of ether oxygens (including phenoxy) is 1. The maximum absolute atomic E-state index is 5.41. The number of halogens is 1. The number of nitrogens with zero attached hydrogens (tertiary/aromatic N) is 1. The Kier molecular flexibility index (Phi) is 2.92. The van der Waals surface area contributed by atoms with Crippen LogP contribution in [-0.4, -0.2) is 29.4 Å². The molecule has 1 spiro atoms. The molecule has 70 valence electrons. The van der Waals surface area contributed by atoms with Crippen LogP contribution in [0.25, 0.3) is 0 Å². The van der Waals surface area contributed by atoms with Gasteiger partial charge in [-0.1, -0.05) is 0 Å². The highest BCUT2D eigenvalue weighted by Gasteiger charge is 2.35. The highest BCUT2D eigenvalue weighted by Crippen LogP contribution is 2.41. The van der Waals surface area contributed by atoms with E-state index < -0.39 is 0 Å². The largest absolute Gasteiger partial charge is 0.381 e. The molecule has 0 aliphatic carbocycles. The Bertz CT molecular complexity index is 147. The van der Waals surface area contributed by atoms with Gasteiger partial charge in [-0.25, -0.2) is 3.11 Å². The predicted octanol–water partition coefficient (Wildman–Crippen LogP) is 2.23. The zero-order chi connectivity index (χ0) is 8.44. The second-order valence-electron chi connectivity index (χ2n) is 4.02. The van der Waals surface area contributed by atoms with Crippen molar-refractivity contribution in [2.24, 2.45) is 5.41 Å². The van der Waals surface area contributed by atoms with Gasteiger partial charge in [0.1, 0.15) is 0 Å². The molecule has 0 aromatic carbocycles. The van der Waals surface area contributed by atoms with Gasteiger partial charge in [0.05, 0.1) is 0 Å². The predicted molar refractivity (Wildman–Crippen MR) is 57.3 cm³/mol. The summed E-state index contributed by atoms with van der Waals surface area (Å²) < 4.78 is 7.82. The summed E-state index contributed by atoms with van der Waals surface area (Å²) in [7, 11) is 0. The first-order valence-corrected chi connectivity index (χ1v) is 5.76. The second-order valence-corrected chi connectivity index (χ2v) is 5.39. The summed E-state index contributed by atoms with van der Waals surface area (Å²) in [5, 5.41) is 0. The highest BCUT2D eigenvalue weighted by atomic mass is 127. The topological polar surface area (TPSA) is 12.5 Å². The third kappa shape index (κ3) is 1.93. The highest BCUT2D eigenvalue weighted by molar-refractivity contribution is 14.1. The van der Waals surface area contributed by atoms with Crippen LogP contribution in [-0.2, 0) is 4.74 Å². The van der Waals surface area contributed by atoms with Crippen molar-refractivity contribution >= 4 is 22.9 Å². The molecular formula is C9H16INO. The van der Waals surface area contributed by atoms with Gasteiger partial charge in [0.2, 0.25) is 0 Å². The van der Waals surface area contributed by atoms with Crippen LogP contribution in [0.4, 0.5) is 0 Å². The first-order valence-electron chi connectivity index (χ1n) is 4.79. The second kappa shape index (κ2) is 3.80. The molecule has 0 atom stereocenters. The number of rotatable bonds is 0. The standard InChI is InChI=1S/C9H16INO/c10-11-5-1-9(2-6-11)3-7-12-8-4-9/h1-8H2. The molecule has 0 saturated carbocycles. The molecule has 0 aromatic heterocycles. The lowest BCUT2D eigenvalue weighted by Gasteiger charge is -2.42. The van der Waals surface area contributed by atoms with E-state index in [2.05, 4.69) is 26.0 Å². The molecular weight excluding hydrogens is 265 g/mol. The fourth-order valence-corrected chi connectivity index (χ4v) is 2.74. The van der Waals surface area contributed by atoms with Gasteiger partial charge in [-0.2, -0.15) is 0 Å². The molecule has 0 N–H and O–H groups in total. The van der Waals surface area contributed by atoms with Gasteiger partial charge in [-0.05, 0) is 31.1 Å². The number of piperidine rings is 1. The minimum Gasteiger partial charge on any atom is -0.381 e. The van der Waals surface area contributed by atoms with Crippen molar-refractivity contribution < 1.29 is 4.74 Å². The van der Waals surface area contributed by atoms with E-state index in [0.29, 0.717) is 5.41 Å². The van der Waals surface area contributed by atoms with Crippen molar-refractivity contribution in [3.8, 4) is 0 Å². The van der Waals surface area contributed by atoms with Gasteiger partial charge < -0.3 is 4.74 Å². The molecule has 2 fully saturated rings. The van der Waals surface area contributed by atoms with E-state index in [1.165, 1.54) is 38.8 Å². The summed E-state index contributed by atoms with van der Waals surface area (Å²) in [5.41, 5.74) is 0.667. The summed E-state index contributed by atoms with van der Waals surface area (Å²) in [6.07, 6.45) is 5.38. The molecule has 3 heteroatoms. The van der Waals surface area contributed by atoms with Gasteiger partial charge >= 0.3 is 0 Å². The van der Waals surface area contributed by atoms with Crippen molar-refractivity contribution in [2.45, 2.75) is 25.7 Å². The SMILES string of the molecule is IN1CCC2(CCOCC2)CC1. The number of hydrogen-bond donors (Lipinski definition) is 0. The fourth-order valence-electron chi connectivity index (χ4n) is 2.26. The maximum Gasteiger partial charge on any atom is 0.0471 e. The third-order valence-electron chi connectivity index (χ3n) is 3.32. The number of hydrogen-bond acceptors (Lipinski definition) is 2. The van der Waals surface area contributed by atoms with Gasteiger partial charge in [0.25, 0.3) is 0 Å². The zero-order valence-electron chi connectivity index (χ0n) is 7.39. The van der Waals surface area contributed by atoms with Crippen molar-refractivity contribution in [3.63, 3.8) is 0 Å². The summed E-state index contributed by atoms with van der Waals surface area (Å²) in [6, 6.07) is 0. The molecule has 12 heavy (non-hydrogen) atoms. The molecule has 0 unspecified atom stereocenters. The fraction of sp³-hybridized carbons (Fsp3) is 1.00. The van der Waals surface area contributed by atoms with Gasteiger partial charge in [-0.3, -0.25) is 0 Å². The molecule has 2 aliphatic rings. The Morgan fingerprint density at radius 3 is 2.17 bits per heavy atom. The molecule has 0 radical (unpaired) electrons. The maximum atomic E-state index is 5.41. The summed E-state index contributed by atoms with van der Waals surface area (Å²) in [6.45, 7) is 4.56. The first kappa shape index (κ1) is 9.21. The van der Waals surface area contributed by atoms with Crippen LogP contribution in [0.1, 0.15) is 25.7 Å². The lowest BCUT2D eigenvalue weighted by molar-refractivity contribution is -0.00738. The van der Waals surface area contributed by atoms with Gasteiger partial charge in [0.15, 0.2) is 0 Å². The zero-order valence-corrected chi connectivity index (χ0v) is 9.55. The van der Waals surface area contributed by atoms with E-state index in [0.717, 1.165) is 13.2 Å². The van der Waals surface area contributed by atoms with Gasteiger partial charge in [-0.15, -0.1) is 0 Å². The van der Waals surface area contributed by atoms with E-state index in [1.807, 2.05) is 0 Å². The van der Waals surface area contributed by atoms with Crippen LogP contribution in [0.15, 0.2) is 0 Å². The van der Waals surface area contributed by atoms with E-state index in [1.54, 1.807) is 0 Å². The Labute approximate surface area is 88.1 Å². The minimum absolute atomic E-state index is 0.667. The van der Waals surface area contributed by atoms with Crippen molar-refractivity contribution in [1.82, 2.24) is 3.11 Å². The van der Waals surface area contributed by atoms with Crippen molar-refractivity contribution in [1.29, 1.82) is 0 Å². The molecule has 2 saturated heterocycles. The smallest absolute Gasteiger partial charge is 0.0471 e. The summed E-state index contributed by atoms with van der Waals surface area (Å²) in [5.74, 6) is 0. The molecule has 0 amide bonds. The average Bonchev–Trinajstić information content (AvgIpc) is 2.13. The molecule has 2 heterocycles. The van der Waals surface area contributed by atoms with Crippen molar-refractivity contribution in [2.75, 3.05) is 26.3 Å². The van der Waals surface area contributed by atoms with Crippen LogP contribution in [0.2, 0.25) is 0 Å². The molecule has 0 aromatic rings. The third-order valence-corrected chi connectivity index (χ3v) is 4.29. The van der Waals surface area contributed by atoms with Crippen LogP contribution >= 0.6 is 22.9 Å². The molecule has 2 rings (SSSR count). The van der Waals surface area contributed by atoms with E-state index in [9.17, 15) is 0 Å². The Hall–Kier alpha value is 0.650. The monoisotopic (exact) mass is 281 g/mol. The van der Waals surface area contributed by atoms with Crippen LogP contribution < -0.4 is 0 Å². The average molecular weight is 281 g/mol.